The van der Waals surface area contributed by atoms with E-state index < -0.39 is 0 Å². The molecule has 0 aliphatic rings. The Morgan fingerprint density at radius 3 is 2.52 bits per heavy atom. The molecule has 3 heterocycles. The van der Waals surface area contributed by atoms with Gasteiger partial charge in [0, 0.05) is 27.9 Å². The summed E-state index contributed by atoms with van der Waals surface area (Å²) in [5, 5.41) is 5.63. The second-order valence-corrected chi connectivity index (χ2v) is 7.59. The van der Waals surface area contributed by atoms with Gasteiger partial charge < -0.3 is 14.7 Å². The van der Waals surface area contributed by atoms with E-state index in [0.29, 0.717) is 5.69 Å². The summed E-state index contributed by atoms with van der Waals surface area (Å²) in [5.41, 5.74) is 5.81. The van der Waals surface area contributed by atoms with E-state index in [-0.39, 0.29) is 17.5 Å². The highest BCUT2D eigenvalue weighted by Gasteiger charge is 2.18. The lowest BCUT2D eigenvalue weighted by Crippen LogP contribution is -2.10. The molecular weight excluding hydrogens is 386 g/mol. The second-order valence-electron chi connectivity index (χ2n) is 6.73. The van der Waals surface area contributed by atoms with Gasteiger partial charge in [-0.15, -0.1) is 11.3 Å². The zero-order valence-corrected chi connectivity index (χ0v) is 17.0. The maximum Gasteiger partial charge on any atom is 0.291 e. The topological polar surface area (TPSA) is 88.0 Å². The third-order valence-electron chi connectivity index (χ3n) is 4.68. The first-order valence-electron chi connectivity index (χ1n) is 9.05. The highest BCUT2D eigenvalue weighted by Crippen LogP contribution is 2.32. The highest BCUT2D eigenvalue weighted by molar-refractivity contribution is 7.13. The van der Waals surface area contributed by atoms with Gasteiger partial charge in [-0.3, -0.25) is 9.59 Å². The van der Waals surface area contributed by atoms with Crippen molar-refractivity contribution in [2.75, 3.05) is 5.32 Å². The standard InChI is InChI=1S/C22H19N3O3S/c1-12-19(14(3)26)13(2)23-20(12)17-11-29-22(25-17)15-6-8-16(9-7-15)24-21(27)18-5-4-10-28-18/h4-11,23H,1-3H3,(H,24,27). The van der Waals surface area contributed by atoms with Gasteiger partial charge in [0.1, 0.15) is 5.01 Å². The van der Waals surface area contributed by atoms with Gasteiger partial charge in [-0.2, -0.15) is 0 Å². The number of hydrogen-bond acceptors (Lipinski definition) is 5. The Morgan fingerprint density at radius 1 is 1.14 bits per heavy atom. The van der Waals surface area contributed by atoms with E-state index in [1.54, 1.807) is 19.1 Å². The summed E-state index contributed by atoms with van der Waals surface area (Å²) in [6, 6.07) is 10.8. The minimum Gasteiger partial charge on any atom is -0.459 e. The zero-order chi connectivity index (χ0) is 20.5. The molecule has 0 bridgehead atoms. The summed E-state index contributed by atoms with van der Waals surface area (Å²) >= 11 is 1.53. The highest BCUT2D eigenvalue weighted by atomic mass is 32.1. The van der Waals surface area contributed by atoms with Crippen molar-refractivity contribution in [3.8, 4) is 22.0 Å². The van der Waals surface area contributed by atoms with Gasteiger partial charge in [-0.25, -0.2) is 4.98 Å². The van der Waals surface area contributed by atoms with Crippen molar-refractivity contribution in [1.29, 1.82) is 0 Å². The number of carbonyl (C=O) groups excluding carboxylic acids is 2. The summed E-state index contributed by atoms with van der Waals surface area (Å²) in [5.74, 6) is 0.0171. The summed E-state index contributed by atoms with van der Waals surface area (Å²) < 4.78 is 5.10. The first-order chi connectivity index (χ1) is 13.9. The van der Waals surface area contributed by atoms with E-state index in [0.717, 1.165) is 38.8 Å². The van der Waals surface area contributed by atoms with Crippen LogP contribution in [0.5, 0.6) is 0 Å². The van der Waals surface area contributed by atoms with Crippen LogP contribution in [0.25, 0.3) is 22.0 Å². The molecule has 0 unspecified atom stereocenters. The molecule has 29 heavy (non-hydrogen) atoms. The fraction of sp³-hybridized carbons (Fsp3) is 0.136. The molecule has 3 aromatic heterocycles. The van der Waals surface area contributed by atoms with Gasteiger partial charge in [0.15, 0.2) is 11.5 Å². The molecule has 0 atom stereocenters. The maximum atomic E-state index is 12.1. The number of carbonyl (C=O) groups is 2. The van der Waals surface area contributed by atoms with Crippen molar-refractivity contribution < 1.29 is 14.0 Å². The molecule has 0 spiro atoms. The van der Waals surface area contributed by atoms with Crippen LogP contribution >= 0.6 is 11.3 Å². The molecule has 2 N–H and O–H groups in total. The lowest BCUT2D eigenvalue weighted by atomic mass is 10.1. The Hall–Kier alpha value is -3.45. The van der Waals surface area contributed by atoms with Crippen LogP contribution in [0.4, 0.5) is 5.69 Å². The number of Topliss-reactive ketones (excluding diaryl/α,β-unsaturated/α-hetero) is 1. The molecule has 0 saturated carbocycles. The summed E-state index contributed by atoms with van der Waals surface area (Å²) in [4.78, 5) is 31.9. The second kappa shape index (κ2) is 7.52. The lowest BCUT2D eigenvalue weighted by Gasteiger charge is -2.04. The van der Waals surface area contributed by atoms with E-state index in [1.807, 2.05) is 43.5 Å². The van der Waals surface area contributed by atoms with Crippen LogP contribution in [0.15, 0.2) is 52.5 Å². The van der Waals surface area contributed by atoms with Crippen LogP contribution < -0.4 is 5.32 Å². The number of anilines is 1. The number of benzene rings is 1. The predicted octanol–water partition coefficient (Wildman–Crippen LogP) is 5.47. The van der Waals surface area contributed by atoms with E-state index in [4.69, 9.17) is 9.40 Å². The average molecular weight is 405 g/mol. The molecule has 4 rings (SSSR count). The minimum absolute atomic E-state index is 0.0464. The van der Waals surface area contributed by atoms with Crippen molar-refractivity contribution in [3.63, 3.8) is 0 Å². The molecule has 1 aromatic carbocycles. The van der Waals surface area contributed by atoms with Crippen LogP contribution in [0.3, 0.4) is 0 Å². The van der Waals surface area contributed by atoms with Gasteiger partial charge in [0.25, 0.3) is 5.91 Å². The number of furan rings is 1. The quantitative estimate of drug-likeness (QED) is 0.431. The first-order valence-corrected chi connectivity index (χ1v) is 9.93. The molecule has 7 heteroatoms. The molecule has 6 nitrogen and oxygen atoms in total. The number of aryl methyl sites for hydroxylation is 1. The van der Waals surface area contributed by atoms with Crippen LogP contribution in [0.2, 0.25) is 0 Å². The molecule has 0 saturated heterocycles. The van der Waals surface area contributed by atoms with Gasteiger partial charge in [-0.05, 0) is 62.7 Å². The Morgan fingerprint density at radius 2 is 1.90 bits per heavy atom. The van der Waals surface area contributed by atoms with Crippen LogP contribution in [-0.4, -0.2) is 21.7 Å². The molecule has 0 aliphatic carbocycles. The first kappa shape index (κ1) is 18.9. The lowest BCUT2D eigenvalue weighted by molar-refractivity contribution is 0.0993. The monoisotopic (exact) mass is 405 g/mol. The van der Waals surface area contributed by atoms with Gasteiger partial charge >= 0.3 is 0 Å². The number of aromatic nitrogens is 2. The number of ketones is 1. The van der Waals surface area contributed by atoms with E-state index >= 15 is 0 Å². The molecule has 1 amide bonds. The van der Waals surface area contributed by atoms with Crippen LogP contribution in [-0.2, 0) is 0 Å². The molecule has 0 radical (unpaired) electrons. The summed E-state index contributed by atoms with van der Waals surface area (Å²) in [6.45, 7) is 5.41. The normalized spacial score (nSPS) is 10.9. The van der Waals surface area contributed by atoms with Crippen molar-refractivity contribution in [2.45, 2.75) is 20.8 Å². The van der Waals surface area contributed by atoms with Crippen molar-refractivity contribution in [1.82, 2.24) is 9.97 Å². The predicted molar refractivity (Wildman–Crippen MR) is 113 cm³/mol. The number of aromatic amines is 1. The smallest absolute Gasteiger partial charge is 0.291 e. The molecule has 0 fully saturated rings. The zero-order valence-electron chi connectivity index (χ0n) is 16.2. The van der Waals surface area contributed by atoms with Gasteiger partial charge in [0.2, 0.25) is 0 Å². The van der Waals surface area contributed by atoms with E-state index in [9.17, 15) is 9.59 Å². The Labute approximate surface area is 171 Å². The Bertz CT molecular complexity index is 1180. The number of hydrogen-bond donors (Lipinski definition) is 2. The number of amides is 1. The van der Waals surface area contributed by atoms with Crippen molar-refractivity contribution in [3.05, 3.63) is 70.6 Å². The van der Waals surface area contributed by atoms with E-state index in [1.165, 1.54) is 17.6 Å². The average Bonchev–Trinajstić information content (AvgIpc) is 3.42. The number of rotatable bonds is 5. The molecule has 4 aromatic rings. The number of thiazole rings is 1. The van der Waals surface area contributed by atoms with Crippen molar-refractivity contribution >= 4 is 28.7 Å². The SMILES string of the molecule is CC(=O)c1c(C)[nH]c(-c2csc(-c3ccc(NC(=O)c4ccco4)cc3)n2)c1C. The van der Waals surface area contributed by atoms with Crippen LogP contribution in [0, 0.1) is 13.8 Å². The Kier molecular flexibility index (Phi) is 4.90. The number of nitrogens with one attached hydrogen (secondary N) is 2. The Balaban J connectivity index is 1.55. The minimum atomic E-state index is -0.293. The molecule has 146 valence electrons. The van der Waals surface area contributed by atoms with Crippen LogP contribution in [0.1, 0.15) is 39.1 Å². The maximum absolute atomic E-state index is 12.1. The largest absolute Gasteiger partial charge is 0.459 e. The summed E-state index contributed by atoms with van der Waals surface area (Å²) in [7, 11) is 0. The number of H-pyrrole nitrogens is 1. The molecular formula is C22H19N3O3S. The fourth-order valence-electron chi connectivity index (χ4n) is 3.35. The summed E-state index contributed by atoms with van der Waals surface area (Å²) in [6.07, 6.45) is 1.46. The van der Waals surface area contributed by atoms with Gasteiger partial charge in [-0.1, -0.05) is 0 Å². The van der Waals surface area contributed by atoms with Gasteiger partial charge in [0.05, 0.1) is 17.7 Å². The third-order valence-corrected chi connectivity index (χ3v) is 5.58. The number of nitrogens with zero attached hydrogens (tertiary/aromatic N) is 1. The third kappa shape index (κ3) is 3.64. The van der Waals surface area contributed by atoms with Crippen molar-refractivity contribution in [2.24, 2.45) is 0 Å². The van der Waals surface area contributed by atoms with E-state index in [2.05, 4.69) is 10.3 Å². The fourth-order valence-corrected chi connectivity index (χ4v) is 4.17. The molecule has 0 aliphatic heterocycles.